The van der Waals surface area contributed by atoms with Crippen molar-refractivity contribution in [1.29, 1.82) is 0 Å². The standard InChI is InChI=1S/C11H18N2O2/c1-14-9-15-11-5-2-4-10(8-11)13-7-3-6-12/h2,4-5,8,13H,3,6-7,9,12H2,1H3. The number of rotatable bonds is 7. The fourth-order valence-corrected chi connectivity index (χ4v) is 1.16. The molecule has 1 aromatic rings. The summed E-state index contributed by atoms with van der Waals surface area (Å²) in [5.41, 5.74) is 6.45. The molecule has 0 saturated heterocycles. The van der Waals surface area contributed by atoms with Gasteiger partial charge in [0.05, 0.1) is 0 Å². The maximum atomic E-state index is 5.41. The molecule has 4 heteroatoms. The molecule has 0 atom stereocenters. The lowest BCUT2D eigenvalue weighted by atomic mass is 10.3. The van der Waals surface area contributed by atoms with Gasteiger partial charge in [-0.2, -0.15) is 0 Å². The van der Waals surface area contributed by atoms with Gasteiger partial charge in [-0.25, -0.2) is 0 Å². The maximum Gasteiger partial charge on any atom is 0.188 e. The predicted molar refractivity (Wildman–Crippen MR) is 61.1 cm³/mol. The molecule has 1 aromatic carbocycles. The van der Waals surface area contributed by atoms with Crippen molar-refractivity contribution in [2.24, 2.45) is 5.73 Å². The predicted octanol–water partition coefficient (Wildman–Crippen LogP) is 1.43. The van der Waals surface area contributed by atoms with Gasteiger partial charge in [0.15, 0.2) is 6.79 Å². The van der Waals surface area contributed by atoms with Crippen LogP contribution < -0.4 is 15.8 Å². The Morgan fingerprint density at radius 1 is 1.40 bits per heavy atom. The van der Waals surface area contributed by atoms with Gasteiger partial charge in [-0.15, -0.1) is 0 Å². The van der Waals surface area contributed by atoms with Crippen molar-refractivity contribution < 1.29 is 9.47 Å². The highest BCUT2D eigenvalue weighted by atomic mass is 16.7. The van der Waals surface area contributed by atoms with Gasteiger partial charge in [0, 0.05) is 25.4 Å². The average Bonchev–Trinajstić information content (AvgIpc) is 2.27. The van der Waals surface area contributed by atoms with Crippen molar-refractivity contribution in [3.63, 3.8) is 0 Å². The number of benzene rings is 1. The normalized spacial score (nSPS) is 10.0. The summed E-state index contributed by atoms with van der Waals surface area (Å²) in [4.78, 5) is 0. The summed E-state index contributed by atoms with van der Waals surface area (Å²) < 4.78 is 10.1. The molecular formula is C11H18N2O2. The third-order valence-electron chi connectivity index (χ3n) is 1.89. The molecule has 0 aliphatic rings. The summed E-state index contributed by atoms with van der Waals surface area (Å²) in [7, 11) is 1.60. The number of nitrogens with one attached hydrogen (secondary N) is 1. The van der Waals surface area contributed by atoms with E-state index < -0.39 is 0 Å². The Bertz CT molecular complexity index is 279. The second kappa shape index (κ2) is 7.09. The van der Waals surface area contributed by atoms with Gasteiger partial charge in [0.25, 0.3) is 0 Å². The Morgan fingerprint density at radius 3 is 3.00 bits per heavy atom. The molecule has 0 aliphatic heterocycles. The Morgan fingerprint density at radius 2 is 2.27 bits per heavy atom. The summed E-state index contributed by atoms with van der Waals surface area (Å²) in [5.74, 6) is 0.801. The summed E-state index contributed by atoms with van der Waals surface area (Å²) in [5, 5.41) is 3.26. The smallest absolute Gasteiger partial charge is 0.188 e. The van der Waals surface area contributed by atoms with E-state index in [9.17, 15) is 0 Å². The van der Waals surface area contributed by atoms with E-state index in [0.717, 1.165) is 24.4 Å². The molecule has 4 nitrogen and oxygen atoms in total. The Labute approximate surface area is 90.4 Å². The van der Waals surface area contributed by atoms with Crippen LogP contribution in [0, 0.1) is 0 Å². The average molecular weight is 210 g/mol. The number of ether oxygens (including phenoxy) is 2. The van der Waals surface area contributed by atoms with Crippen LogP contribution in [0.5, 0.6) is 5.75 Å². The number of anilines is 1. The summed E-state index contributed by atoms with van der Waals surface area (Å²) in [6, 6.07) is 7.77. The molecule has 0 aliphatic carbocycles. The quantitative estimate of drug-likeness (QED) is 0.528. The Hall–Kier alpha value is -1.26. The van der Waals surface area contributed by atoms with E-state index in [2.05, 4.69) is 5.32 Å². The third-order valence-corrected chi connectivity index (χ3v) is 1.89. The van der Waals surface area contributed by atoms with Gasteiger partial charge in [-0.05, 0) is 25.1 Å². The van der Waals surface area contributed by atoms with Gasteiger partial charge >= 0.3 is 0 Å². The zero-order valence-electron chi connectivity index (χ0n) is 9.03. The van der Waals surface area contributed by atoms with Crippen molar-refractivity contribution in [3.05, 3.63) is 24.3 Å². The van der Waals surface area contributed by atoms with E-state index in [1.54, 1.807) is 7.11 Å². The second-order valence-electron chi connectivity index (χ2n) is 3.15. The van der Waals surface area contributed by atoms with E-state index in [0.29, 0.717) is 6.54 Å². The Balaban J connectivity index is 2.42. The molecule has 3 N–H and O–H groups in total. The molecular weight excluding hydrogens is 192 g/mol. The van der Waals surface area contributed by atoms with Crippen LogP contribution in [0.2, 0.25) is 0 Å². The highest BCUT2D eigenvalue weighted by Gasteiger charge is 1.95. The topological polar surface area (TPSA) is 56.5 Å². The zero-order valence-corrected chi connectivity index (χ0v) is 9.03. The lowest BCUT2D eigenvalue weighted by Gasteiger charge is -2.08. The maximum absolute atomic E-state index is 5.41. The van der Waals surface area contributed by atoms with Crippen LogP contribution in [-0.2, 0) is 4.74 Å². The van der Waals surface area contributed by atoms with Crippen LogP contribution in [0.25, 0.3) is 0 Å². The van der Waals surface area contributed by atoms with Gasteiger partial charge < -0.3 is 20.5 Å². The van der Waals surface area contributed by atoms with Crippen molar-refractivity contribution in [1.82, 2.24) is 0 Å². The van der Waals surface area contributed by atoms with Crippen molar-refractivity contribution in [2.45, 2.75) is 6.42 Å². The Kier molecular flexibility index (Phi) is 5.58. The van der Waals surface area contributed by atoms with E-state index in [4.69, 9.17) is 15.2 Å². The molecule has 0 saturated carbocycles. The molecule has 15 heavy (non-hydrogen) atoms. The first-order valence-corrected chi connectivity index (χ1v) is 5.02. The van der Waals surface area contributed by atoms with Crippen molar-refractivity contribution >= 4 is 5.69 Å². The van der Waals surface area contributed by atoms with E-state index in [1.165, 1.54) is 0 Å². The van der Waals surface area contributed by atoms with E-state index in [-0.39, 0.29) is 6.79 Å². The number of methoxy groups -OCH3 is 1. The molecule has 0 spiro atoms. The molecule has 84 valence electrons. The lowest BCUT2D eigenvalue weighted by molar-refractivity contribution is 0.0512. The third kappa shape index (κ3) is 4.67. The number of nitrogens with two attached hydrogens (primary N) is 1. The van der Waals surface area contributed by atoms with Crippen molar-refractivity contribution in [3.8, 4) is 5.75 Å². The minimum atomic E-state index is 0.270. The molecule has 0 unspecified atom stereocenters. The van der Waals surface area contributed by atoms with Crippen LogP contribution in [0.1, 0.15) is 6.42 Å². The van der Waals surface area contributed by atoms with E-state index in [1.807, 2.05) is 24.3 Å². The first kappa shape index (κ1) is 11.8. The largest absolute Gasteiger partial charge is 0.467 e. The first-order chi connectivity index (χ1) is 7.36. The van der Waals surface area contributed by atoms with Gasteiger partial charge in [0.2, 0.25) is 0 Å². The number of hydrogen-bond acceptors (Lipinski definition) is 4. The summed E-state index contributed by atoms with van der Waals surface area (Å²) in [6.07, 6.45) is 0.961. The SMILES string of the molecule is COCOc1cccc(NCCCN)c1. The van der Waals surface area contributed by atoms with Crippen LogP contribution in [-0.4, -0.2) is 27.0 Å². The van der Waals surface area contributed by atoms with Crippen molar-refractivity contribution in [2.75, 3.05) is 32.3 Å². The monoisotopic (exact) mass is 210 g/mol. The highest BCUT2D eigenvalue weighted by Crippen LogP contribution is 2.17. The molecule has 0 aromatic heterocycles. The van der Waals surface area contributed by atoms with Gasteiger partial charge in [0.1, 0.15) is 5.75 Å². The molecule has 0 amide bonds. The van der Waals surface area contributed by atoms with Crippen LogP contribution in [0.4, 0.5) is 5.69 Å². The van der Waals surface area contributed by atoms with Crippen LogP contribution >= 0.6 is 0 Å². The fourth-order valence-electron chi connectivity index (χ4n) is 1.16. The van der Waals surface area contributed by atoms with Gasteiger partial charge in [-0.1, -0.05) is 6.07 Å². The van der Waals surface area contributed by atoms with Crippen LogP contribution in [0.15, 0.2) is 24.3 Å². The minimum Gasteiger partial charge on any atom is -0.467 e. The van der Waals surface area contributed by atoms with Crippen LogP contribution in [0.3, 0.4) is 0 Å². The molecule has 0 heterocycles. The molecule has 0 fully saturated rings. The highest BCUT2D eigenvalue weighted by molar-refractivity contribution is 5.48. The summed E-state index contributed by atoms with van der Waals surface area (Å²) in [6.45, 7) is 1.85. The molecule has 0 bridgehead atoms. The first-order valence-electron chi connectivity index (χ1n) is 5.02. The number of hydrogen-bond donors (Lipinski definition) is 2. The minimum absolute atomic E-state index is 0.270. The summed E-state index contributed by atoms with van der Waals surface area (Å²) >= 11 is 0. The molecule has 1 rings (SSSR count). The fraction of sp³-hybridized carbons (Fsp3) is 0.455. The second-order valence-corrected chi connectivity index (χ2v) is 3.15. The lowest BCUT2D eigenvalue weighted by Crippen LogP contribution is -2.08. The van der Waals surface area contributed by atoms with Gasteiger partial charge in [-0.3, -0.25) is 0 Å². The molecule has 0 radical (unpaired) electrons. The van der Waals surface area contributed by atoms with E-state index >= 15 is 0 Å². The zero-order chi connectivity index (χ0) is 10.9.